The van der Waals surface area contributed by atoms with Gasteiger partial charge >= 0.3 is 0 Å². The second-order valence-corrected chi connectivity index (χ2v) is 6.57. The van der Waals surface area contributed by atoms with Gasteiger partial charge in [0.1, 0.15) is 11.9 Å². The van der Waals surface area contributed by atoms with Gasteiger partial charge in [-0.05, 0) is 18.2 Å². The van der Waals surface area contributed by atoms with E-state index in [0.717, 1.165) is 0 Å². The maximum atomic E-state index is 13.6. The first kappa shape index (κ1) is 19.5. The van der Waals surface area contributed by atoms with E-state index in [9.17, 15) is 19.2 Å². The first-order chi connectivity index (χ1) is 13.6. The van der Waals surface area contributed by atoms with Crippen LogP contribution in [0.4, 0.5) is 10.1 Å². The molecule has 0 saturated carbocycles. The highest BCUT2D eigenvalue weighted by atomic mass is 19.1. The molecule has 0 unspecified atom stereocenters. The molecule has 0 bridgehead atoms. The molecule has 144 valence electrons. The number of piperazine rings is 1. The topological polar surface area (TPSA) is 76.4 Å². The molecular formula is C21H21FN4O2. The first-order valence-corrected chi connectivity index (χ1v) is 9.10. The molecule has 1 aliphatic heterocycles. The highest BCUT2D eigenvalue weighted by Crippen LogP contribution is 2.21. The Balaban J connectivity index is 1.47. The van der Waals surface area contributed by atoms with E-state index in [1.807, 2.05) is 4.90 Å². The summed E-state index contributed by atoms with van der Waals surface area (Å²) in [6.07, 6.45) is 0.233. The van der Waals surface area contributed by atoms with Crippen molar-refractivity contribution in [3.05, 3.63) is 65.5 Å². The Morgan fingerprint density at radius 1 is 1.14 bits per heavy atom. The van der Waals surface area contributed by atoms with Gasteiger partial charge in [0.2, 0.25) is 11.8 Å². The van der Waals surface area contributed by atoms with Gasteiger partial charge in [0.15, 0.2) is 0 Å². The van der Waals surface area contributed by atoms with Gasteiger partial charge in [-0.3, -0.25) is 14.5 Å². The van der Waals surface area contributed by atoms with E-state index in [2.05, 4.69) is 11.4 Å². The summed E-state index contributed by atoms with van der Waals surface area (Å²) in [5.41, 5.74) is 1.53. The highest BCUT2D eigenvalue weighted by Gasteiger charge is 2.26. The quantitative estimate of drug-likeness (QED) is 0.832. The number of hydrogen-bond acceptors (Lipinski definition) is 4. The van der Waals surface area contributed by atoms with Crippen molar-refractivity contribution >= 4 is 17.5 Å². The van der Waals surface area contributed by atoms with Crippen molar-refractivity contribution in [1.29, 1.82) is 5.26 Å². The number of rotatable bonds is 6. The molecule has 0 atom stereocenters. The van der Waals surface area contributed by atoms with Crippen molar-refractivity contribution in [2.24, 2.45) is 0 Å². The number of benzene rings is 2. The molecule has 28 heavy (non-hydrogen) atoms. The summed E-state index contributed by atoms with van der Waals surface area (Å²) in [6, 6.07) is 15.4. The van der Waals surface area contributed by atoms with Gasteiger partial charge in [-0.1, -0.05) is 30.3 Å². The number of nitrogens with zero attached hydrogens (tertiary/aromatic N) is 3. The summed E-state index contributed by atoms with van der Waals surface area (Å²) in [6.45, 7) is 1.87. The van der Waals surface area contributed by atoms with Crippen molar-refractivity contribution < 1.29 is 14.0 Å². The Kier molecular flexibility index (Phi) is 6.35. The molecule has 0 aromatic heterocycles. The molecule has 0 aliphatic carbocycles. The van der Waals surface area contributed by atoms with E-state index in [-0.39, 0.29) is 37.1 Å². The van der Waals surface area contributed by atoms with Crippen LogP contribution < -0.4 is 10.2 Å². The van der Waals surface area contributed by atoms with E-state index in [0.29, 0.717) is 36.4 Å². The van der Waals surface area contributed by atoms with E-state index in [1.165, 1.54) is 6.07 Å². The average Bonchev–Trinajstić information content (AvgIpc) is 2.72. The number of nitriles is 1. The van der Waals surface area contributed by atoms with E-state index in [4.69, 9.17) is 0 Å². The second kappa shape index (κ2) is 9.11. The van der Waals surface area contributed by atoms with E-state index >= 15 is 0 Å². The molecule has 0 radical (unpaired) electrons. The molecule has 2 aromatic carbocycles. The Bertz CT molecular complexity index is 909. The monoisotopic (exact) mass is 380 g/mol. The van der Waals surface area contributed by atoms with Crippen molar-refractivity contribution in [2.45, 2.75) is 13.0 Å². The first-order valence-electron chi connectivity index (χ1n) is 9.10. The lowest BCUT2D eigenvalue weighted by atomic mass is 10.1. The van der Waals surface area contributed by atoms with Crippen molar-refractivity contribution in [2.75, 3.05) is 31.1 Å². The number of carbonyl (C=O) groups excluding carboxylic acids is 2. The number of nitrogens with one attached hydrogen (secondary N) is 1. The van der Waals surface area contributed by atoms with Crippen LogP contribution >= 0.6 is 0 Å². The summed E-state index contributed by atoms with van der Waals surface area (Å²) in [5.74, 6) is -0.629. The van der Waals surface area contributed by atoms with Crippen molar-refractivity contribution in [1.82, 2.24) is 10.2 Å². The molecule has 6 nitrogen and oxygen atoms in total. The Hall–Kier alpha value is -3.24. The molecular weight excluding hydrogens is 359 g/mol. The van der Waals surface area contributed by atoms with Crippen LogP contribution in [0.3, 0.4) is 0 Å². The molecule has 1 fully saturated rings. The highest BCUT2D eigenvalue weighted by molar-refractivity contribution is 5.96. The fraction of sp³-hybridized carbons (Fsp3) is 0.286. The number of anilines is 1. The van der Waals surface area contributed by atoms with Crippen LogP contribution in [0.15, 0.2) is 48.5 Å². The number of hydrogen-bond donors (Lipinski definition) is 1. The lowest BCUT2D eigenvalue weighted by Gasteiger charge is -2.34. The third-order valence-electron chi connectivity index (χ3n) is 4.70. The van der Waals surface area contributed by atoms with Crippen LogP contribution in [0, 0.1) is 17.1 Å². The second-order valence-electron chi connectivity index (χ2n) is 6.57. The van der Waals surface area contributed by atoms with Crippen LogP contribution in [0.5, 0.6) is 0 Å². The molecule has 3 rings (SSSR count). The van der Waals surface area contributed by atoms with E-state index < -0.39 is 0 Å². The van der Waals surface area contributed by atoms with Crippen LogP contribution in [-0.2, 0) is 16.1 Å². The van der Waals surface area contributed by atoms with Gasteiger partial charge < -0.3 is 10.2 Å². The number of halogens is 1. The van der Waals surface area contributed by atoms with Gasteiger partial charge in [-0.15, -0.1) is 0 Å². The molecule has 2 amide bonds. The fourth-order valence-electron chi connectivity index (χ4n) is 3.15. The molecule has 2 aromatic rings. The molecule has 1 aliphatic rings. The van der Waals surface area contributed by atoms with Crippen molar-refractivity contribution in [3.8, 4) is 6.07 Å². The van der Waals surface area contributed by atoms with Gasteiger partial charge in [-0.2, -0.15) is 5.26 Å². The standard InChI is InChI=1S/C21H21FN4O2/c22-18-7-3-1-6-17(18)14-24-20(27)9-10-25-11-12-26(21(28)15-25)19-8-4-2-5-16(19)13-23/h1-8H,9-12,14-15H2,(H,24,27). The normalized spacial score (nSPS) is 14.6. The largest absolute Gasteiger partial charge is 0.352 e. The van der Waals surface area contributed by atoms with Crippen LogP contribution in [0.25, 0.3) is 0 Å². The summed E-state index contributed by atoms with van der Waals surface area (Å²) in [4.78, 5) is 28.1. The number of carbonyl (C=O) groups is 2. The zero-order valence-electron chi connectivity index (χ0n) is 15.4. The van der Waals surface area contributed by atoms with Gasteiger partial charge in [0.25, 0.3) is 0 Å². The van der Waals surface area contributed by atoms with Crippen molar-refractivity contribution in [3.63, 3.8) is 0 Å². The Labute approximate surface area is 163 Å². The minimum atomic E-state index is -0.345. The SMILES string of the molecule is N#Cc1ccccc1N1CCN(CCC(=O)NCc2ccccc2F)CC1=O. The zero-order valence-corrected chi connectivity index (χ0v) is 15.4. The minimum Gasteiger partial charge on any atom is -0.352 e. The predicted octanol–water partition coefficient (Wildman–Crippen LogP) is 2.05. The molecule has 7 heteroatoms. The predicted molar refractivity (Wildman–Crippen MR) is 103 cm³/mol. The lowest BCUT2D eigenvalue weighted by Crippen LogP contribution is -2.51. The summed E-state index contributed by atoms with van der Waals surface area (Å²) in [5, 5.41) is 11.9. The minimum absolute atomic E-state index is 0.0966. The van der Waals surface area contributed by atoms with E-state index in [1.54, 1.807) is 47.4 Å². The molecule has 1 heterocycles. The van der Waals surface area contributed by atoms with Crippen LogP contribution in [0.1, 0.15) is 17.5 Å². The number of para-hydroxylation sites is 1. The lowest BCUT2D eigenvalue weighted by molar-refractivity contribution is -0.124. The van der Waals surface area contributed by atoms with Crippen LogP contribution in [-0.4, -0.2) is 42.9 Å². The summed E-state index contributed by atoms with van der Waals surface area (Å²) >= 11 is 0. The van der Waals surface area contributed by atoms with Gasteiger partial charge in [0.05, 0.1) is 17.8 Å². The maximum Gasteiger partial charge on any atom is 0.241 e. The fourth-order valence-corrected chi connectivity index (χ4v) is 3.15. The Morgan fingerprint density at radius 2 is 1.89 bits per heavy atom. The third-order valence-corrected chi connectivity index (χ3v) is 4.70. The maximum absolute atomic E-state index is 13.6. The number of amides is 2. The smallest absolute Gasteiger partial charge is 0.241 e. The average molecular weight is 380 g/mol. The zero-order chi connectivity index (χ0) is 19.9. The van der Waals surface area contributed by atoms with Gasteiger partial charge in [0, 0.05) is 38.2 Å². The molecule has 1 N–H and O–H groups in total. The van der Waals surface area contributed by atoms with Crippen LogP contribution in [0.2, 0.25) is 0 Å². The summed E-state index contributed by atoms with van der Waals surface area (Å²) < 4.78 is 13.6. The third kappa shape index (κ3) is 4.72. The Morgan fingerprint density at radius 3 is 2.64 bits per heavy atom. The van der Waals surface area contributed by atoms with Gasteiger partial charge in [-0.25, -0.2) is 4.39 Å². The molecule has 0 spiro atoms. The molecule has 1 saturated heterocycles. The summed E-state index contributed by atoms with van der Waals surface area (Å²) in [7, 11) is 0.